The second-order valence-corrected chi connectivity index (χ2v) is 4.89. The molecule has 0 spiro atoms. The third-order valence-electron chi connectivity index (χ3n) is 3.90. The van der Waals surface area contributed by atoms with Gasteiger partial charge in [0.1, 0.15) is 5.75 Å². The Labute approximate surface area is 128 Å². The normalized spacial score (nSPS) is 11.9. The summed E-state index contributed by atoms with van der Waals surface area (Å²) in [5.41, 5.74) is 2.99. The van der Waals surface area contributed by atoms with Gasteiger partial charge in [0, 0.05) is 27.8 Å². The maximum absolute atomic E-state index is 12.6. The zero-order valence-corrected chi connectivity index (χ0v) is 12.6. The molecule has 1 aliphatic rings. The Morgan fingerprint density at radius 3 is 2.00 bits per heavy atom. The smallest absolute Gasteiger partial charge is 0.194 e. The molecule has 0 unspecified atom stereocenters. The molecule has 3 rings (SSSR count). The zero-order valence-electron chi connectivity index (χ0n) is 12.6. The van der Waals surface area contributed by atoms with Crippen molar-refractivity contribution in [3.8, 4) is 28.4 Å². The van der Waals surface area contributed by atoms with Crippen LogP contribution in [-0.2, 0) is 6.61 Å². The summed E-state index contributed by atoms with van der Waals surface area (Å²) in [6, 6.07) is 6.83. The third-order valence-corrected chi connectivity index (χ3v) is 3.90. The van der Waals surface area contributed by atoms with Gasteiger partial charge in [-0.3, -0.25) is 4.79 Å². The van der Waals surface area contributed by atoms with Crippen LogP contribution in [0.25, 0.3) is 11.1 Å². The Kier molecular flexibility index (Phi) is 3.50. The van der Waals surface area contributed by atoms with Crippen molar-refractivity contribution in [3.63, 3.8) is 0 Å². The number of ketones is 1. The van der Waals surface area contributed by atoms with Gasteiger partial charge in [0.2, 0.25) is 0 Å². The third kappa shape index (κ3) is 1.79. The molecule has 0 aromatic heterocycles. The molecule has 0 fully saturated rings. The highest BCUT2D eigenvalue weighted by Gasteiger charge is 2.34. The fraction of sp³-hybridized carbons (Fsp3) is 0.235. The maximum Gasteiger partial charge on any atom is 0.194 e. The lowest BCUT2D eigenvalue weighted by molar-refractivity contribution is 0.104. The van der Waals surface area contributed by atoms with Gasteiger partial charge in [-0.2, -0.15) is 0 Å². The van der Waals surface area contributed by atoms with Gasteiger partial charge >= 0.3 is 0 Å². The van der Waals surface area contributed by atoms with E-state index < -0.39 is 0 Å². The maximum atomic E-state index is 12.6. The first-order valence-electron chi connectivity index (χ1n) is 6.78. The largest absolute Gasteiger partial charge is 0.496 e. The van der Waals surface area contributed by atoms with E-state index in [0.29, 0.717) is 45.1 Å². The fourth-order valence-electron chi connectivity index (χ4n) is 2.93. The van der Waals surface area contributed by atoms with Crippen LogP contribution in [-0.4, -0.2) is 32.2 Å². The van der Waals surface area contributed by atoms with Crippen LogP contribution in [0.4, 0.5) is 0 Å². The van der Waals surface area contributed by atoms with Crippen molar-refractivity contribution in [2.45, 2.75) is 6.61 Å². The molecular formula is C17H16O5. The molecule has 5 nitrogen and oxygen atoms in total. The molecule has 22 heavy (non-hydrogen) atoms. The van der Waals surface area contributed by atoms with Gasteiger partial charge in [0.25, 0.3) is 0 Å². The van der Waals surface area contributed by atoms with Crippen molar-refractivity contribution in [1.82, 2.24) is 0 Å². The summed E-state index contributed by atoms with van der Waals surface area (Å²) in [5, 5.41) is 9.50. The van der Waals surface area contributed by atoms with E-state index in [0.717, 1.165) is 0 Å². The van der Waals surface area contributed by atoms with Crippen molar-refractivity contribution in [1.29, 1.82) is 0 Å². The summed E-state index contributed by atoms with van der Waals surface area (Å²) in [4.78, 5) is 12.6. The van der Waals surface area contributed by atoms with Gasteiger partial charge in [-0.1, -0.05) is 6.07 Å². The van der Waals surface area contributed by atoms with E-state index in [4.69, 9.17) is 14.2 Å². The Balaban J connectivity index is 2.42. The molecule has 0 heterocycles. The average Bonchev–Trinajstić information content (AvgIpc) is 2.86. The van der Waals surface area contributed by atoms with Crippen molar-refractivity contribution in [2.75, 3.05) is 21.3 Å². The summed E-state index contributed by atoms with van der Waals surface area (Å²) in [7, 11) is 4.59. The van der Waals surface area contributed by atoms with Crippen LogP contribution < -0.4 is 14.2 Å². The summed E-state index contributed by atoms with van der Waals surface area (Å²) in [5.74, 6) is 1.42. The van der Waals surface area contributed by atoms with Crippen LogP contribution in [0, 0.1) is 0 Å². The van der Waals surface area contributed by atoms with Gasteiger partial charge in [-0.05, 0) is 18.2 Å². The number of benzene rings is 2. The minimum absolute atomic E-state index is 0.0891. The Morgan fingerprint density at radius 2 is 1.45 bits per heavy atom. The number of hydrogen-bond acceptors (Lipinski definition) is 5. The molecule has 5 heteroatoms. The first-order chi connectivity index (χ1) is 10.7. The lowest BCUT2D eigenvalue weighted by Gasteiger charge is -2.15. The molecule has 0 atom stereocenters. The zero-order chi connectivity index (χ0) is 15.9. The quantitative estimate of drug-likeness (QED) is 0.801. The standard InChI is InChI=1S/C17H16O5/c1-20-12-7-6-11-14(17(12)22-3)13-10(15(11)19)5-4-9(8-18)16(13)21-2/h4-7,18H,8H2,1-3H3. The van der Waals surface area contributed by atoms with Crippen molar-refractivity contribution in [2.24, 2.45) is 0 Å². The molecule has 1 aliphatic carbocycles. The van der Waals surface area contributed by atoms with E-state index in [9.17, 15) is 9.90 Å². The summed E-state index contributed by atoms with van der Waals surface area (Å²) in [6.07, 6.45) is 0. The Hall–Kier alpha value is -2.53. The van der Waals surface area contributed by atoms with Gasteiger partial charge in [-0.25, -0.2) is 0 Å². The second kappa shape index (κ2) is 5.35. The minimum Gasteiger partial charge on any atom is -0.496 e. The van der Waals surface area contributed by atoms with Crippen molar-refractivity contribution < 1.29 is 24.1 Å². The topological polar surface area (TPSA) is 65.0 Å². The average molecular weight is 300 g/mol. The highest BCUT2D eigenvalue weighted by molar-refractivity contribution is 6.24. The molecule has 0 saturated heterocycles. The van der Waals surface area contributed by atoms with Crippen molar-refractivity contribution >= 4 is 5.78 Å². The fourth-order valence-corrected chi connectivity index (χ4v) is 2.93. The number of aliphatic hydroxyl groups is 1. The summed E-state index contributed by atoms with van der Waals surface area (Å²) in [6.45, 7) is -0.174. The van der Waals surface area contributed by atoms with Gasteiger partial charge in [0.15, 0.2) is 17.3 Å². The van der Waals surface area contributed by atoms with E-state index in [1.807, 2.05) is 0 Å². The molecule has 114 valence electrons. The van der Waals surface area contributed by atoms with Gasteiger partial charge in [-0.15, -0.1) is 0 Å². The molecule has 1 N–H and O–H groups in total. The minimum atomic E-state index is -0.174. The molecule has 2 aromatic carbocycles. The lowest BCUT2D eigenvalue weighted by atomic mass is 10.00. The van der Waals surface area contributed by atoms with E-state index in [-0.39, 0.29) is 12.4 Å². The number of ether oxygens (including phenoxy) is 3. The SMILES string of the molecule is COc1ccc2c(c1OC)-c1c(ccc(CO)c1OC)C2=O. The highest BCUT2D eigenvalue weighted by atomic mass is 16.5. The number of methoxy groups -OCH3 is 3. The highest BCUT2D eigenvalue weighted by Crippen LogP contribution is 2.51. The monoisotopic (exact) mass is 300 g/mol. The molecule has 0 amide bonds. The number of carbonyl (C=O) groups excluding carboxylic acids is 1. The van der Waals surface area contributed by atoms with Crippen LogP contribution >= 0.6 is 0 Å². The predicted octanol–water partition coefficient (Wildman–Crippen LogP) is 2.42. The molecule has 0 radical (unpaired) electrons. The van der Waals surface area contributed by atoms with E-state index in [1.54, 1.807) is 31.4 Å². The number of aliphatic hydroxyl groups excluding tert-OH is 1. The first kappa shape index (κ1) is 14.4. The first-order valence-corrected chi connectivity index (χ1v) is 6.78. The molecule has 0 bridgehead atoms. The number of rotatable bonds is 4. The van der Waals surface area contributed by atoms with Crippen LogP contribution in [0.5, 0.6) is 17.2 Å². The number of hydrogen-bond donors (Lipinski definition) is 1. The van der Waals surface area contributed by atoms with Crippen molar-refractivity contribution in [3.05, 3.63) is 41.0 Å². The molecule has 2 aromatic rings. The second-order valence-electron chi connectivity index (χ2n) is 4.89. The van der Waals surface area contributed by atoms with E-state index >= 15 is 0 Å². The van der Waals surface area contributed by atoms with Gasteiger partial charge in [0.05, 0.1) is 27.9 Å². The number of fused-ring (bicyclic) bond motifs is 3. The molecule has 0 saturated carbocycles. The summed E-state index contributed by atoms with van der Waals surface area (Å²) < 4.78 is 16.2. The Bertz CT molecular complexity index is 701. The predicted molar refractivity (Wildman–Crippen MR) is 80.9 cm³/mol. The molecule has 0 aliphatic heterocycles. The Morgan fingerprint density at radius 1 is 0.864 bits per heavy atom. The number of carbonyl (C=O) groups is 1. The van der Waals surface area contributed by atoms with Gasteiger partial charge < -0.3 is 19.3 Å². The van der Waals surface area contributed by atoms with Crippen LogP contribution in [0.1, 0.15) is 21.5 Å². The molecular weight excluding hydrogens is 284 g/mol. The summed E-state index contributed by atoms with van der Waals surface area (Å²) >= 11 is 0. The van der Waals surface area contributed by atoms with Crippen LogP contribution in [0.3, 0.4) is 0 Å². The van der Waals surface area contributed by atoms with Crippen LogP contribution in [0.15, 0.2) is 24.3 Å². The van der Waals surface area contributed by atoms with E-state index in [2.05, 4.69) is 0 Å². The van der Waals surface area contributed by atoms with E-state index in [1.165, 1.54) is 14.2 Å². The van der Waals surface area contributed by atoms with Crippen LogP contribution in [0.2, 0.25) is 0 Å². The lowest BCUT2D eigenvalue weighted by Crippen LogP contribution is -1.98.